The van der Waals surface area contributed by atoms with Gasteiger partial charge in [-0.1, -0.05) is 61.4 Å². The van der Waals surface area contributed by atoms with Crippen LogP contribution in [0.2, 0.25) is 5.02 Å². The first-order valence-corrected chi connectivity index (χ1v) is 9.78. The Labute approximate surface area is 153 Å². The first-order valence-electron chi connectivity index (χ1n) is 8.42. The average Bonchev–Trinajstić information content (AvgIpc) is 3.05. The van der Waals surface area contributed by atoms with Gasteiger partial charge in [0.15, 0.2) is 0 Å². The molecule has 124 valence electrons. The predicted molar refractivity (Wildman–Crippen MR) is 107 cm³/mol. The molecule has 2 aromatic carbocycles. The number of halogens is 1. The number of nitrogens with zero attached hydrogens (tertiary/aromatic N) is 1. The third-order valence-electron chi connectivity index (χ3n) is 5.42. The SMILES string of the molecule is Cc1ccc2c(c1)C(C)(C)C1(/C=C/c3ccc(Cl)cc3)SCCN21. The van der Waals surface area contributed by atoms with Crippen molar-refractivity contribution in [3.63, 3.8) is 0 Å². The minimum absolute atomic E-state index is 0.0111. The molecule has 2 aromatic rings. The van der Waals surface area contributed by atoms with Gasteiger partial charge in [-0.05, 0) is 42.3 Å². The summed E-state index contributed by atoms with van der Waals surface area (Å²) in [6.07, 6.45) is 4.66. The number of anilines is 1. The molecule has 1 unspecified atom stereocenters. The third kappa shape index (κ3) is 2.23. The molecule has 0 N–H and O–H groups in total. The Bertz CT molecular complexity index is 809. The molecule has 24 heavy (non-hydrogen) atoms. The summed E-state index contributed by atoms with van der Waals surface area (Å²) in [6, 6.07) is 15.0. The van der Waals surface area contributed by atoms with Gasteiger partial charge in [-0.25, -0.2) is 0 Å². The van der Waals surface area contributed by atoms with Crippen LogP contribution in [0.3, 0.4) is 0 Å². The highest BCUT2D eigenvalue weighted by molar-refractivity contribution is 8.01. The molecule has 1 fully saturated rings. The molecule has 1 atom stereocenters. The smallest absolute Gasteiger partial charge is 0.114 e. The van der Waals surface area contributed by atoms with E-state index in [0.29, 0.717) is 0 Å². The predicted octanol–water partition coefficient (Wildman–Crippen LogP) is 5.90. The van der Waals surface area contributed by atoms with Gasteiger partial charge >= 0.3 is 0 Å². The highest BCUT2D eigenvalue weighted by atomic mass is 35.5. The zero-order chi connectivity index (χ0) is 16.9. The fraction of sp³-hybridized carbons (Fsp3) is 0.333. The standard InChI is InChI=1S/C21H22ClNS/c1-15-4-9-19-18(14-15)20(2,3)21(23(19)12-13-24-21)11-10-16-5-7-17(22)8-6-16/h4-11,14H,12-13H2,1-3H3/b11-10+. The molecular weight excluding hydrogens is 334 g/mol. The average molecular weight is 356 g/mol. The number of rotatable bonds is 2. The first-order chi connectivity index (χ1) is 11.4. The number of benzene rings is 2. The van der Waals surface area contributed by atoms with Crippen molar-refractivity contribution in [2.24, 2.45) is 0 Å². The molecule has 0 aromatic heterocycles. The Kier molecular flexibility index (Phi) is 3.74. The van der Waals surface area contributed by atoms with Crippen molar-refractivity contribution >= 4 is 35.1 Å². The van der Waals surface area contributed by atoms with E-state index in [-0.39, 0.29) is 10.3 Å². The van der Waals surface area contributed by atoms with Crippen LogP contribution in [0.4, 0.5) is 5.69 Å². The highest BCUT2D eigenvalue weighted by Gasteiger charge is 2.58. The Balaban J connectivity index is 1.79. The molecule has 2 aliphatic heterocycles. The van der Waals surface area contributed by atoms with E-state index in [1.54, 1.807) is 0 Å². The number of thioether (sulfide) groups is 1. The van der Waals surface area contributed by atoms with Crippen LogP contribution in [0.1, 0.15) is 30.5 Å². The van der Waals surface area contributed by atoms with Crippen LogP contribution in [0.5, 0.6) is 0 Å². The first kappa shape index (κ1) is 16.1. The molecule has 4 rings (SSSR count). The van der Waals surface area contributed by atoms with E-state index >= 15 is 0 Å². The molecule has 2 aliphatic rings. The third-order valence-corrected chi connectivity index (χ3v) is 7.37. The normalized spacial score (nSPS) is 24.4. The number of hydrogen-bond acceptors (Lipinski definition) is 2. The molecule has 0 amide bonds. The van der Waals surface area contributed by atoms with Gasteiger partial charge in [-0.3, -0.25) is 0 Å². The molecule has 0 bridgehead atoms. The maximum absolute atomic E-state index is 6.01. The van der Waals surface area contributed by atoms with Crippen molar-refractivity contribution in [3.05, 3.63) is 70.3 Å². The minimum atomic E-state index is -0.0111. The quantitative estimate of drug-likeness (QED) is 0.659. The summed E-state index contributed by atoms with van der Waals surface area (Å²) in [5, 5.41) is 0.784. The van der Waals surface area contributed by atoms with Crippen LogP contribution in [0.25, 0.3) is 6.08 Å². The fourth-order valence-corrected chi connectivity index (χ4v) is 5.75. The zero-order valence-electron chi connectivity index (χ0n) is 14.3. The van der Waals surface area contributed by atoms with Gasteiger partial charge in [0.1, 0.15) is 4.87 Å². The largest absolute Gasteiger partial charge is 0.352 e. The second-order valence-corrected chi connectivity index (χ2v) is 8.98. The monoisotopic (exact) mass is 355 g/mol. The molecule has 3 heteroatoms. The Hall–Kier alpha value is -1.38. The van der Waals surface area contributed by atoms with Gasteiger partial charge in [0.2, 0.25) is 0 Å². The number of aryl methyl sites for hydroxylation is 1. The summed E-state index contributed by atoms with van der Waals surface area (Å²) < 4.78 is 0. The van der Waals surface area contributed by atoms with Gasteiger partial charge in [0.25, 0.3) is 0 Å². The summed E-state index contributed by atoms with van der Waals surface area (Å²) in [6.45, 7) is 8.06. The van der Waals surface area contributed by atoms with Crippen molar-refractivity contribution in [2.75, 3.05) is 17.2 Å². The number of fused-ring (bicyclic) bond motifs is 3. The maximum Gasteiger partial charge on any atom is 0.114 e. The summed E-state index contributed by atoms with van der Waals surface area (Å²) in [5.74, 6) is 1.17. The second-order valence-electron chi connectivity index (χ2n) is 7.23. The van der Waals surface area contributed by atoms with E-state index in [9.17, 15) is 0 Å². The molecule has 0 spiro atoms. The van der Waals surface area contributed by atoms with Crippen molar-refractivity contribution in [3.8, 4) is 0 Å². The lowest BCUT2D eigenvalue weighted by atomic mass is 9.79. The Morgan fingerprint density at radius 1 is 1.12 bits per heavy atom. The van der Waals surface area contributed by atoms with Gasteiger partial charge < -0.3 is 4.90 Å². The number of hydrogen-bond donors (Lipinski definition) is 0. The van der Waals surface area contributed by atoms with Crippen LogP contribution in [0, 0.1) is 6.92 Å². The van der Waals surface area contributed by atoms with E-state index in [1.807, 2.05) is 12.1 Å². The molecular formula is C21H22ClNS. The fourth-order valence-electron chi connectivity index (χ4n) is 4.06. The van der Waals surface area contributed by atoms with Crippen LogP contribution in [-0.4, -0.2) is 17.2 Å². The van der Waals surface area contributed by atoms with Gasteiger partial charge in [0.05, 0.1) is 0 Å². The molecule has 1 saturated heterocycles. The van der Waals surface area contributed by atoms with Gasteiger partial charge in [-0.15, -0.1) is 11.8 Å². The molecule has 2 heterocycles. The molecule has 0 saturated carbocycles. The van der Waals surface area contributed by atoms with Gasteiger partial charge in [-0.2, -0.15) is 0 Å². The van der Waals surface area contributed by atoms with Crippen LogP contribution < -0.4 is 4.90 Å². The summed E-state index contributed by atoms with van der Waals surface area (Å²) in [5.41, 5.74) is 5.47. The second kappa shape index (κ2) is 5.57. The van der Waals surface area contributed by atoms with Crippen LogP contribution in [-0.2, 0) is 5.41 Å². The van der Waals surface area contributed by atoms with Crippen LogP contribution in [0.15, 0.2) is 48.5 Å². The Morgan fingerprint density at radius 3 is 2.62 bits per heavy atom. The van der Waals surface area contributed by atoms with Crippen molar-refractivity contribution in [2.45, 2.75) is 31.1 Å². The van der Waals surface area contributed by atoms with Crippen molar-refractivity contribution in [1.29, 1.82) is 0 Å². The zero-order valence-corrected chi connectivity index (χ0v) is 15.9. The molecule has 0 aliphatic carbocycles. The van der Waals surface area contributed by atoms with Crippen molar-refractivity contribution < 1.29 is 0 Å². The summed E-state index contributed by atoms with van der Waals surface area (Å²) in [4.78, 5) is 2.58. The summed E-state index contributed by atoms with van der Waals surface area (Å²) in [7, 11) is 0. The topological polar surface area (TPSA) is 3.24 Å². The van der Waals surface area contributed by atoms with E-state index in [1.165, 1.54) is 28.1 Å². The summed E-state index contributed by atoms with van der Waals surface area (Å²) >= 11 is 8.08. The molecule has 1 nitrogen and oxygen atoms in total. The van der Waals surface area contributed by atoms with Crippen LogP contribution >= 0.6 is 23.4 Å². The molecule has 0 radical (unpaired) electrons. The lowest BCUT2D eigenvalue weighted by molar-refractivity contribution is 0.454. The van der Waals surface area contributed by atoms with E-state index < -0.39 is 0 Å². The lowest BCUT2D eigenvalue weighted by Crippen LogP contribution is -2.48. The van der Waals surface area contributed by atoms with Gasteiger partial charge in [0, 0.05) is 28.4 Å². The van der Waals surface area contributed by atoms with E-state index in [4.69, 9.17) is 11.6 Å². The lowest BCUT2D eigenvalue weighted by Gasteiger charge is -2.40. The van der Waals surface area contributed by atoms with Crippen molar-refractivity contribution in [1.82, 2.24) is 0 Å². The highest BCUT2D eigenvalue weighted by Crippen LogP contribution is 2.60. The minimum Gasteiger partial charge on any atom is -0.352 e. The van der Waals surface area contributed by atoms with E-state index in [0.717, 1.165) is 11.6 Å². The Morgan fingerprint density at radius 2 is 1.88 bits per heavy atom. The maximum atomic E-state index is 6.01. The van der Waals surface area contributed by atoms with E-state index in [2.05, 4.69) is 79.9 Å².